The van der Waals surface area contributed by atoms with E-state index in [0.717, 1.165) is 12.1 Å². The monoisotopic (exact) mass is 336 g/mol. The van der Waals surface area contributed by atoms with Gasteiger partial charge in [0.25, 0.3) is 5.91 Å². The standard InChI is InChI=1S/C12H12BrF3N2O/c13-10-6-8(5-9(7-10)12(14,15)16)11(19)18-3-1-17-2-4-18/h5-7,17H,1-4H2. The Bertz CT molecular complexity index is 484. The molecule has 0 spiro atoms. The Morgan fingerprint density at radius 1 is 1.21 bits per heavy atom. The smallest absolute Gasteiger partial charge is 0.336 e. The molecule has 104 valence electrons. The number of benzene rings is 1. The molecule has 0 saturated carbocycles. The lowest BCUT2D eigenvalue weighted by Gasteiger charge is -2.27. The number of halogens is 4. The summed E-state index contributed by atoms with van der Waals surface area (Å²) in [5.74, 6) is -0.367. The van der Waals surface area contributed by atoms with Crippen molar-refractivity contribution in [2.75, 3.05) is 26.2 Å². The Labute approximate surface area is 116 Å². The Morgan fingerprint density at radius 3 is 2.42 bits per heavy atom. The molecule has 3 nitrogen and oxygen atoms in total. The van der Waals surface area contributed by atoms with Gasteiger partial charge in [-0.15, -0.1) is 0 Å². The van der Waals surface area contributed by atoms with Gasteiger partial charge in [-0.3, -0.25) is 4.79 Å². The van der Waals surface area contributed by atoms with Crippen molar-refractivity contribution in [1.29, 1.82) is 0 Å². The lowest BCUT2D eigenvalue weighted by Crippen LogP contribution is -2.46. The Balaban J connectivity index is 2.28. The van der Waals surface area contributed by atoms with E-state index in [0.29, 0.717) is 26.2 Å². The molecular formula is C12H12BrF3N2O. The summed E-state index contributed by atoms with van der Waals surface area (Å²) in [7, 11) is 0. The number of amides is 1. The Hall–Kier alpha value is -1.08. The highest BCUT2D eigenvalue weighted by Gasteiger charge is 2.32. The second-order valence-corrected chi connectivity index (χ2v) is 5.18. The number of nitrogens with zero attached hydrogens (tertiary/aromatic N) is 1. The molecule has 2 rings (SSSR count). The molecule has 0 unspecified atom stereocenters. The molecule has 0 aromatic heterocycles. The molecular weight excluding hydrogens is 325 g/mol. The number of carbonyl (C=O) groups excluding carboxylic acids is 1. The minimum atomic E-state index is -4.46. The number of rotatable bonds is 1. The van der Waals surface area contributed by atoms with Gasteiger partial charge in [-0.1, -0.05) is 15.9 Å². The Morgan fingerprint density at radius 2 is 1.84 bits per heavy atom. The van der Waals surface area contributed by atoms with Gasteiger partial charge < -0.3 is 10.2 Å². The fourth-order valence-electron chi connectivity index (χ4n) is 1.93. The van der Waals surface area contributed by atoms with Gasteiger partial charge in [0.2, 0.25) is 0 Å². The summed E-state index contributed by atoms with van der Waals surface area (Å²) in [5.41, 5.74) is -0.760. The first kappa shape index (κ1) is 14.3. The fraction of sp³-hybridized carbons (Fsp3) is 0.417. The highest BCUT2D eigenvalue weighted by Crippen LogP contribution is 2.32. The first-order valence-corrected chi connectivity index (χ1v) is 6.55. The second kappa shape index (κ2) is 5.50. The summed E-state index contributed by atoms with van der Waals surface area (Å²) >= 11 is 3.01. The number of alkyl halides is 3. The van der Waals surface area contributed by atoms with Crippen LogP contribution < -0.4 is 5.32 Å². The fourth-order valence-corrected chi connectivity index (χ4v) is 2.42. The summed E-state index contributed by atoms with van der Waals surface area (Å²) in [6, 6.07) is 3.28. The molecule has 1 heterocycles. The minimum absolute atomic E-state index is 0.0589. The van der Waals surface area contributed by atoms with Crippen LogP contribution in [0.5, 0.6) is 0 Å². The molecule has 1 fully saturated rings. The molecule has 1 N–H and O–H groups in total. The number of hydrogen-bond acceptors (Lipinski definition) is 2. The van der Waals surface area contributed by atoms with Crippen LogP contribution in [0.3, 0.4) is 0 Å². The molecule has 1 aromatic carbocycles. The maximum Gasteiger partial charge on any atom is 0.416 e. The van der Waals surface area contributed by atoms with E-state index in [1.165, 1.54) is 6.07 Å². The summed E-state index contributed by atoms with van der Waals surface area (Å²) in [6.07, 6.45) is -4.46. The van der Waals surface area contributed by atoms with Crippen LogP contribution in [-0.4, -0.2) is 37.0 Å². The van der Waals surface area contributed by atoms with E-state index in [1.54, 1.807) is 4.90 Å². The van der Waals surface area contributed by atoms with Crippen LogP contribution in [-0.2, 0) is 6.18 Å². The topological polar surface area (TPSA) is 32.3 Å². The van der Waals surface area contributed by atoms with E-state index in [-0.39, 0.29) is 15.9 Å². The number of carbonyl (C=O) groups is 1. The van der Waals surface area contributed by atoms with Crippen LogP contribution in [0.1, 0.15) is 15.9 Å². The zero-order valence-electron chi connectivity index (χ0n) is 9.93. The van der Waals surface area contributed by atoms with Crippen LogP contribution in [0.25, 0.3) is 0 Å². The van der Waals surface area contributed by atoms with E-state index in [4.69, 9.17) is 0 Å². The highest BCUT2D eigenvalue weighted by molar-refractivity contribution is 9.10. The molecule has 1 aromatic rings. The average Bonchev–Trinajstić information content (AvgIpc) is 2.37. The molecule has 0 bridgehead atoms. The summed E-state index contributed by atoms with van der Waals surface area (Å²) in [5, 5.41) is 3.08. The van der Waals surface area contributed by atoms with Gasteiger partial charge in [-0.2, -0.15) is 13.2 Å². The van der Waals surface area contributed by atoms with Crippen LogP contribution in [0.2, 0.25) is 0 Å². The molecule has 7 heteroatoms. The first-order chi connectivity index (χ1) is 8.88. The lowest BCUT2D eigenvalue weighted by atomic mass is 10.1. The largest absolute Gasteiger partial charge is 0.416 e. The molecule has 0 radical (unpaired) electrons. The zero-order valence-corrected chi connectivity index (χ0v) is 11.5. The van der Waals surface area contributed by atoms with Crippen molar-refractivity contribution in [3.8, 4) is 0 Å². The van der Waals surface area contributed by atoms with Crippen molar-refractivity contribution < 1.29 is 18.0 Å². The molecule has 1 amide bonds. The van der Waals surface area contributed by atoms with Crippen molar-refractivity contribution in [3.05, 3.63) is 33.8 Å². The average molecular weight is 337 g/mol. The van der Waals surface area contributed by atoms with Crippen LogP contribution >= 0.6 is 15.9 Å². The van der Waals surface area contributed by atoms with E-state index in [9.17, 15) is 18.0 Å². The van der Waals surface area contributed by atoms with Gasteiger partial charge in [0.15, 0.2) is 0 Å². The number of nitrogens with one attached hydrogen (secondary N) is 1. The van der Waals surface area contributed by atoms with Crippen LogP contribution in [0.4, 0.5) is 13.2 Å². The predicted molar refractivity (Wildman–Crippen MR) is 67.9 cm³/mol. The van der Waals surface area contributed by atoms with Crippen LogP contribution in [0.15, 0.2) is 22.7 Å². The van der Waals surface area contributed by atoms with Crippen molar-refractivity contribution in [2.24, 2.45) is 0 Å². The lowest BCUT2D eigenvalue weighted by molar-refractivity contribution is -0.137. The third kappa shape index (κ3) is 3.48. The SMILES string of the molecule is O=C(c1cc(Br)cc(C(F)(F)F)c1)N1CCNCC1. The van der Waals surface area contributed by atoms with Gasteiger partial charge in [-0.05, 0) is 18.2 Å². The summed E-state index contributed by atoms with van der Waals surface area (Å²) in [4.78, 5) is 13.7. The van der Waals surface area contributed by atoms with Gasteiger partial charge in [-0.25, -0.2) is 0 Å². The third-order valence-electron chi connectivity index (χ3n) is 2.88. The zero-order chi connectivity index (χ0) is 14.0. The minimum Gasteiger partial charge on any atom is -0.336 e. The highest BCUT2D eigenvalue weighted by atomic mass is 79.9. The van der Waals surface area contributed by atoms with E-state index >= 15 is 0 Å². The normalized spacial score (nSPS) is 16.5. The summed E-state index contributed by atoms with van der Waals surface area (Å²) < 4.78 is 38.3. The van der Waals surface area contributed by atoms with Gasteiger partial charge in [0, 0.05) is 36.2 Å². The maximum absolute atomic E-state index is 12.7. The van der Waals surface area contributed by atoms with Crippen molar-refractivity contribution in [1.82, 2.24) is 10.2 Å². The van der Waals surface area contributed by atoms with Gasteiger partial charge in [0.1, 0.15) is 0 Å². The predicted octanol–water partition coefficient (Wildman–Crippen LogP) is 2.51. The summed E-state index contributed by atoms with van der Waals surface area (Å²) in [6.45, 7) is 2.33. The molecule has 19 heavy (non-hydrogen) atoms. The van der Waals surface area contributed by atoms with Crippen LogP contribution in [0, 0.1) is 0 Å². The van der Waals surface area contributed by atoms with Gasteiger partial charge in [0.05, 0.1) is 5.56 Å². The van der Waals surface area contributed by atoms with E-state index in [2.05, 4.69) is 21.2 Å². The molecule has 1 saturated heterocycles. The first-order valence-electron chi connectivity index (χ1n) is 5.76. The van der Waals surface area contributed by atoms with Crippen molar-refractivity contribution >= 4 is 21.8 Å². The van der Waals surface area contributed by atoms with Crippen molar-refractivity contribution in [3.63, 3.8) is 0 Å². The molecule has 1 aliphatic heterocycles. The number of piperazine rings is 1. The van der Waals surface area contributed by atoms with E-state index in [1.807, 2.05) is 0 Å². The molecule has 1 aliphatic rings. The quantitative estimate of drug-likeness (QED) is 0.854. The third-order valence-corrected chi connectivity index (χ3v) is 3.33. The number of hydrogen-bond donors (Lipinski definition) is 1. The van der Waals surface area contributed by atoms with E-state index < -0.39 is 11.7 Å². The van der Waals surface area contributed by atoms with Gasteiger partial charge >= 0.3 is 6.18 Å². The second-order valence-electron chi connectivity index (χ2n) is 4.27. The molecule has 0 aliphatic carbocycles. The molecule has 0 atom stereocenters. The Kier molecular flexibility index (Phi) is 4.15. The van der Waals surface area contributed by atoms with Crippen molar-refractivity contribution in [2.45, 2.75) is 6.18 Å². The maximum atomic E-state index is 12.7.